The van der Waals surface area contributed by atoms with Gasteiger partial charge in [0.25, 0.3) is 5.78 Å². The SMILES string of the molecule is Cc1ccc(C(O)=C2C(=O)C(=O)N(c3nc(C)c(C)s3)[C@H]2c2ccc(F)cc2)cc1. The zero-order valence-corrected chi connectivity index (χ0v) is 17.5. The van der Waals surface area contributed by atoms with E-state index in [4.69, 9.17) is 0 Å². The number of aliphatic hydroxyl groups excluding tert-OH is 1. The van der Waals surface area contributed by atoms with Crippen LogP contribution in [0.2, 0.25) is 0 Å². The fourth-order valence-corrected chi connectivity index (χ4v) is 4.35. The second-order valence-corrected chi connectivity index (χ2v) is 8.41. The van der Waals surface area contributed by atoms with Gasteiger partial charge < -0.3 is 5.11 Å². The molecule has 2 heterocycles. The van der Waals surface area contributed by atoms with Crippen LogP contribution in [0.4, 0.5) is 9.52 Å². The summed E-state index contributed by atoms with van der Waals surface area (Å²) >= 11 is 1.29. The van der Waals surface area contributed by atoms with Crippen LogP contribution in [0.25, 0.3) is 5.76 Å². The van der Waals surface area contributed by atoms with E-state index in [1.165, 1.54) is 40.5 Å². The first-order chi connectivity index (χ1) is 14.3. The Morgan fingerprint density at radius 2 is 1.67 bits per heavy atom. The van der Waals surface area contributed by atoms with Crippen LogP contribution in [0, 0.1) is 26.6 Å². The third-order valence-electron chi connectivity index (χ3n) is 5.18. The van der Waals surface area contributed by atoms with Crippen molar-refractivity contribution < 1.29 is 19.1 Å². The van der Waals surface area contributed by atoms with E-state index >= 15 is 0 Å². The first kappa shape index (κ1) is 20.0. The molecular weight excluding hydrogens is 403 g/mol. The van der Waals surface area contributed by atoms with Gasteiger partial charge in [0.15, 0.2) is 5.13 Å². The molecule has 0 saturated carbocycles. The van der Waals surface area contributed by atoms with Gasteiger partial charge in [-0.05, 0) is 38.5 Å². The van der Waals surface area contributed by atoms with Gasteiger partial charge in [-0.2, -0.15) is 0 Å². The largest absolute Gasteiger partial charge is 0.507 e. The average Bonchev–Trinajstić information content (AvgIpc) is 3.18. The Bertz CT molecular complexity index is 1160. The van der Waals surface area contributed by atoms with Crippen molar-refractivity contribution in [3.05, 3.63) is 87.2 Å². The number of benzene rings is 2. The maximum atomic E-state index is 13.5. The van der Waals surface area contributed by atoms with Crippen molar-refractivity contribution in [2.24, 2.45) is 0 Å². The lowest BCUT2D eigenvalue weighted by molar-refractivity contribution is -0.132. The van der Waals surface area contributed by atoms with Crippen LogP contribution in [-0.2, 0) is 9.59 Å². The summed E-state index contributed by atoms with van der Waals surface area (Å²) in [6, 6.07) is 11.6. The van der Waals surface area contributed by atoms with E-state index < -0.39 is 23.5 Å². The summed E-state index contributed by atoms with van der Waals surface area (Å²) < 4.78 is 13.5. The number of carbonyl (C=O) groups is 2. The number of aliphatic hydroxyl groups is 1. The molecule has 0 aliphatic carbocycles. The van der Waals surface area contributed by atoms with Gasteiger partial charge in [-0.1, -0.05) is 42.0 Å². The van der Waals surface area contributed by atoms with Gasteiger partial charge in [-0.25, -0.2) is 9.37 Å². The molecule has 152 valence electrons. The Labute approximate surface area is 177 Å². The van der Waals surface area contributed by atoms with Gasteiger partial charge in [0.2, 0.25) is 0 Å². The summed E-state index contributed by atoms with van der Waals surface area (Å²) in [5.41, 5.74) is 2.65. The molecule has 0 unspecified atom stereocenters. The minimum atomic E-state index is -0.906. The standard InChI is InChI=1S/C23H19FN2O3S/c1-12-4-6-16(7-5-12)20(27)18-19(15-8-10-17(24)11-9-15)26(22(29)21(18)28)23-25-13(2)14(3)30-23/h4-11,19,27H,1-3H3/t19-/m0/s1. The number of hydrogen-bond donors (Lipinski definition) is 1. The van der Waals surface area contributed by atoms with Crippen molar-refractivity contribution in [1.82, 2.24) is 4.98 Å². The predicted molar refractivity (Wildman–Crippen MR) is 114 cm³/mol. The minimum Gasteiger partial charge on any atom is -0.507 e. The van der Waals surface area contributed by atoms with Crippen LogP contribution in [0.1, 0.15) is 33.3 Å². The lowest BCUT2D eigenvalue weighted by atomic mass is 9.95. The van der Waals surface area contributed by atoms with Crippen molar-refractivity contribution in [1.29, 1.82) is 0 Å². The van der Waals surface area contributed by atoms with Gasteiger partial charge in [-0.15, -0.1) is 11.3 Å². The van der Waals surface area contributed by atoms with Gasteiger partial charge >= 0.3 is 5.91 Å². The summed E-state index contributed by atoms with van der Waals surface area (Å²) in [6.45, 7) is 5.62. The van der Waals surface area contributed by atoms with Crippen LogP contribution in [-0.4, -0.2) is 21.8 Å². The first-order valence-corrected chi connectivity index (χ1v) is 10.2. The first-order valence-electron chi connectivity index (χ1n) is 9.35. The second kappa shape index (κ2) is 7.50. The molecular formula is C23H19FN2O3S. The van der Waals surface area contributed by atoms with E-state index in [1.54, 1.807) is 12.1 Å². The monoisotopic (exact) mass is 422 g/mol. The van der Waals surface area contributed by atoms with Gasteiger partial charge in [-0.3, -0.25) is 14.5 Å². The smallest absolute Gasteiger partial charge is 0.301 e. The number of thiazole rings is 1. The van der Waals surface area contributed by atoms with E-state index in [1.807, 2.05) is 32.9 Å². The van der Waals surface area contributed by atoms with E-state index in [2.05, 4.69) is 4.98 Å². The lowest BCUT2D eigenvalue weighted by Crippen LogP contribution is -2.29. The number of aryl methyl sites for hydroxylation is 3. The molecule has 1 atom stereocenters. The number of nitrogens with zero attached hydrogens (tertiary/aromatic N) is 2. The number of carbonyl (C=O) groups excluding carboxylic acids is 2. The number of rotatable bonds is 3. The number of anilines is 1. The molecule has 7 heteroatoms. The molecule has 1 amide bonds. The Morgan fingerprint density at radius 3 is 2.23 bits per heavy atom. The quantitative estimate of drug-likeness (QED) is 0.373. The molecule has 0 spiro atoms. The number of ketones is 1. The third-order valence-corrected chi connectivity index (χ3v) is 6.25. The van der Waals surface area contributed by atoms with Crippen molar-refractivity contribution >= 4 is 33.9 Å². The van der Waals surface area contributed by atoms with E-state index in [-0.39, 0.29) is 11.3 Å². The zero-order chi connectivity index (χ0) is 21.6. The van der Waals surface area contributed by atoms with Crippen LogP contribution >= 0.6 is 11.3 Å². The third kappa shape index (κ3) is 3.31. The van der Waals surface area contributed by atoms with Crippen molar-refractivity contribution in [3.8, 4) is 0 Å². The van der Waals surface area contributed by atoms with Crippen LogP contribution in [0.15, 0.2) is 54.1 Å². The molecule has 1 aliphatic rings. The zero-order valence-electron chi connectivity index (χ0n) is 16.6. The Hall–Kier alpha value is -3.32. The number of Topliss-reactive ketones (excluding diaryl/α,β-unsaturated/α-hetero) is 1. The number of amides is 1. The topological polar surface area (TPSA) is 70.5 Å². The average molecular weight is 422 g/mol. The fourth-order valence-electron chi connectivity index (χ4n) is 3.42. The number of halogens is 1. The van der Waals surface area contributed by atoms with E-state index in [9.17, 15) is 19.1 Å². The van der Waals surface area contributed by atoms with E-state index in [0.29, 0.717) is 16.3 Å². The molecule has 1 saturated heterocycles. The summed E-state index contributed by atoms with van der Waals surface area (Å²) in [5, 5.41) is 11.4. The minimum absolute atomic E-state index is 0.0408. The highest BCUT2D eigenvalue weighted by molar-refractivity contribution is 7.16. The number of aromatic nitrogens is 1. The van der Waals surface area contributed by atoms with Gasteiger partial charge in [0.1, 0.15) is 11.6 Å². The normalized spacial score (nSPS) is 18.3. The molecule has 0 radical (unpaired) electrons. The fraction of sp³-hybridized carbons (Fsp3) is 0.174. The molecule has 1 fully saturated rings. The van der Waals surface area contributed by atoms with Crippen molar-refractivity contribution in [3.63, 3.8) is 0 Å². The molecule has 1 aromatic heterocycles. The summed E-state index contributed by atoms with van der Waals surface area (Å²) in [6.07, 6.45) is 0. The highest BCUT2D eigenvalue weighted by Crippen LogP contribution is 2.43. The molecule has 30 heavy (non-hydrogen) atoms. The van der Waals surface area contributed by atoms with Crippen molar-refractivity contribution in [2.45, 2.75) is 26.8 Å². The van der Waals surface area contributed by atoms with E-state index in [0.717, 1.165) is 16.1 Å². The highest BCUT2D eigenvalue weighted by atomic mass is 32.1. The molecule has 0 bridgehead atoms. The Balaban J connectivity index is 1.94. The summed E-state index contributed by atoms with van der Waals surface area (Å²) in [5.74, 6) is -2.27. The predicted octanol–water partition coefficient (Wildman–Crippen LogP) is 4.83. The summed E-state index contributed by atoms with van der Waals surface area (Å²) in [4.78, 5) is 32.7. The highest BCUT2D eigenvalue weighted by Gasteiger charge is 2.48. The molecule has 2 aromatic carbocycles. The molecule has 1 aliphatic heterocycles. The van der Waals surface area contributed by atoms with Crippen molar-refractivity contribution in [2.75, 3.05) is 4.90 Å². The van der Waals surface area contributed by atoms with Crippen LogP contribution < -0.4 is 4.90 Å². The van der Waals surface area contributed by atoms with Crippen LogP contribution in [0.3, 0.4) is 0 Å². The van der Waals surface area contributed by atoms with Gasteiger partial charge in [0.05, 0.1) is 17.3 Å². The molecule has 3 aromatic rings. The van der Waals surface area contributed by atoms with Gasteiger partial charge in [0, 0.05) is 10.4 Å². The number of hydrogen-bond acceptors (Lipinski definition) is 5. The maximum absolute atomic E-state index is 13.5. The molecule has 1 N–H and O–H groups in total. The lowest BCUT2D eigenvalue weighted by Gasteiger charge is -2.23. The van der Waals surface area contributed by atoms with Crippen LogP contribution in [0.5, 0.6) is 0 Å². The summed E-state index contributed by atoms with van der Waals surface area (Å²) in [7, 11) is 0. The Kier molecular flexibility index (Phi) is 4.99. The molecule has 4 rings (SSSR count). The maximum Gasteiger partial charge on any atom is 0.301 e. The second-order valence-electron chi connectivity index (χ2n) is 7.22. The molecule has 5 nitrogen and oxygen atoms in total. The Morgan fingerprint density at radius 1 is 1.03 bits per heavy atom.